The summed E-state index contributed by atoms with van der Waals surface area (Å²) in [7, 11) is 0. The zero-order valence-electron chi connectivity index (χ0n) is 15.0. The normalized spacial score (nSPS) is 28.5. The van der Waals surface area contributed by atoms with Gasteiger partial charge in [0.05, 0.1) is 18.3 Å². The van der Waals surface area contributed by atoms with Crippen LogP contribution in [-0.2, 0) is 4.79 Å². The summed E-state index contributed by atoms with van der Waals surface area (Å²) in [5.41, 5.74) is 0. The minimum atomic E-state index is -0.791. The molecule has 1 unspecified atom stereocenters. The van der Waals surface area contributed by atoms with Crippen molar-refractivity contribution in [2.24, 2.45) is 11.8 Å². The Morgan fingerprint density at radius 3 is 2.60 bits per heavy atom. The van der Waals surface area contributed by atoms with E-state index in [0.717, 1.165) is 6.42 Å². The van der Waals surface area contributed by atoms with Gasteiger partial charge in [-0.1, -0.05) is 43.4 Å². The minimum absolute atomic E-state index is 0.0830. The van der Waals surface area contributed by atoms with E-state index >= 15 is 0 Å². The second kappa shape index (κ2) is 12.0. The van der Waals surface area contributed by atoms with Crippen LogP contribution in [0.2, 0.25) is 0 Å². The topological polar surface area (TPSA) is 98.0 Å². The van der Waals surface area contributed by atoms with Gasteiger partial charge < -0.3 is 20.4 Å². The molecular formula is C20H32O5. The van der Waals surface area contributed by atoms with E-state index in [9.17, 15) is 20.1 Å². The zero-order valence-corrected chi connectivity index (χ0v) is 15.0. The van der Waals surface area contributed by atoms with E-state index in [2.05, 4.69) is 0 Å². The van der Waals surface area contributed by atoms with Crippen molar-refractivity contribution in [1.82, 2.24) is 0 Å². The third-order valence-electron chi connectivity index (χ3n) is 4.59. The lowest BCUT2D eigenvalue weighted by Crippen LogP contribution is -2.20. The maximum atomic E-state index is 10.5. The maximum absolute atomic E-state index is 10.5. The predicted molar refractivity (Wildman–Crippen MR) is 98.0 cm³/mol. The molecule has 0 aliphatic heterocycles. The molecule has 142 valence electrons. The van der Waals surface area contributed by atoms with Crippen LogP contribution in [-0.4, -0.2) is 44.7 Å². The molecule has 5 nitrogen and oxygen atoms in total. The van der Waals surface area contributed by atoms with Crippen molar-refractivity contribution in [2.75, 3.05) is 0 Å². The summed E-state index contributed by atoms with van der Waals surface area (Å²) in [5.74, 6) is -1.05. The van der Waals surface area contributed by atoms with Crippen LogP contribution in [0.25, 0.3) is 0 Å². The summed E-state index contributed by atoms with van der Waals surface area (Å²) in [6.45, 7) is 2.04. The maximum Gasteiger partial charge on any atom is 0.303 e. The van der Waals surface area contributed by atoms with Crippen LogP contribution >= 0.6 is 0 Å². The number of aliphatic hydroxyl groups is 3. The summed E-state index contributed by atoms with van der Waals surface area (Å²) < 4.78 is 0. The molecule has 0 aromatic heterocycles. The van der Waals surface area contributed by atoms with Crippen LogP contribution in [0.4, 0.5) is 0 Å². The molecule has 0 spiro atoms. The highest BCUT2D eigenvalue weighted by atomic mass is 16.4. The summed E-state index contributed by atoms with van der Waals surface area (Å²) in [5, 5.41) is 38.9. The molecule has 1 aliphatic carbocycles. The molecule has 5 atom stereocenters. The van der Waals surface area contributed by atoms with E-state index in [1.54, 1.807) is 6.08 Å². The van der Waals surface area contributed by atoms with E-state index in [1.165, 1.54) is 0 Å². The van der Waals surface area contributed by atoms with Crippen LogP contribution < -0.4 is 0 Å². The molecule has 0 saturated heterocycles. The number of unbranched alkanes of at least 4 members (excludes halogenated alkanes) is 1. The Morgan fingerprint density at radius 1 is 1.16 bits per heavy atom. The van der Waals surface area contributed by atoms with Crippen molar-refractivity contribution in [1.29, 1.82) is 0 Å². The highest BCUT2D eigenvalue weighted by Gasteiger charge is 2.39. The number of rotatable bonds is 11. The van der Waals surface area contributed by atoms with E-state index in [-0.39, 0.29) is 18.3 Å². The fourth-order valence-electron chi connectivity index (χ4n) is 3.19. The Bertz CT molecular complexity index is 469. The lowest BCUT2D eigenvalue weighted by atomic mass is 9.89. The Balaban J connectivity index is 2.50. The summed E-state index contributed by atoms with van der Waals surface area (Å²) in [4.78, 5) is 10.5. The van der Waals surface area contributed by atoms with Crippen LogP contribution in [0.5, 0.6) is 0 Å². The fourth-order valence-corrected chi connectivity index (χ4v) is 3.19. The minimum Gasteiger partial charge on any atom is -0.481 e. The van der Waals surface area contributed by atoms with Gasteiger partial charge in [0, 0.05) is 18.8 Å². The van der Waals surface area contributed by atoms with Gasteiger partial charge in [-0.2, -0.15) is 0 Å². The van der Waals surface area contributed by atoms with Gasteiger partial charge in [-0.3, -0.25) is 4.79 Å². The van der Waals surface area contributed by atoms with Gasteiger partial charge >= 0.3 is 5.97 Å². The number of hydrogen-bond donors (Lipinski definition) is 4. The molecule has 1 fully saturated rings. The first-order chi connectivity index (χ1) is 12.0. The number of carboxylic acids is 1. The average molecular weight is 352 g/mol. The van der Waals surface area contributed by atoms with Crippen molar-refractivity contribution in [2.45, 2.75) is 70.2 Å². The van der Waals surface area contributed by atoms with Crippen molar-refractivity contribution in [3.8, 4) is 0 Å². The molecule has 1 saturated carbocycles. The van der Waals surface area contributed by atoms with Crippen LogP contribution in [0.3, 0.4) is 0 Å². The molecule has 0 radical (unpaired) electrons. The lowest BCUT2D eigenvalue weighted by molar-refractivity contribution is -0.137. The summed E-state index contributed by atoms with van der Waals surface area (Å²) >= 11 is 0. The first kappa shape index (κ1) is 21.6. The van der Waals surface area contributed by atoms with Gasteiger partial charge in [0.15, 0.2) is 0 Å². The quantitative estimate of drug-likeness (QED) is 0.339. The van der Waals surface area contributed by atoms with Crippen LogP contribution in [0.1, 0.15) is 51.9 Å². The second-order valence-electron chi connectivity index (χ2n) is 6.67. The SMILES string of the molecule is CC/C=C\C[C@H](O)/C=C/[C@@H]1C(C/C=C\CCCC(=O)O)[C@@H](O)C[C@H]1O. The number of allylic oxidation sites excluding steroid dienone is 3. The lowest BCUT2D eigenvalue weighted by Gasteiger charge is -2.19. The van der Waals surface area contributed by atoms with Gasteiger partial charge in [-0.05, 0) is 38.0 Å². The van der Waals surface area contributed by atoms with Gasteiger partial charge in [0.25, 0.3) is 0 Å². The molecule has 0 heterocycles. The van der Waals surface area contributed by atoms with E-state index in [0.29, 0.717) is 32.1 Å². The monoisotopic (exact) mass is 352 g/mol. The van der Waals surface area contributed by atoms with Gasteiger partial charge in [0.1, 0.15) is 0 Å². The van der Waals surface area contributed by atoms with E-state index in [4.69, 9.17) is 5.11 Å². The summed E-state index contributed by atoms with van der Waals surface area (Å²) in [6.07, 6.45) is 13.5. The van der Waals surface area contributed by atoms with Crippen molar-refractivity contribution >= 4 is 5.97 Å². The van der Waals surface area contributed by atoms with Crippen molar-refractivity contribution < 1.29 is 25.2 Å². The molecule has 0 aromatic carbocycles. The fraction of sp³-hybridized carbons (Fsp3) is 0.650. The van der Waals surface area contributed by atoms with E-state index in [1.807, 2.05) is 37.3 Å². The number of carboxylic acid groups (broad SMARTS) is 1. The Labute approximate surface area is 150 Å². The zero-order chi connectivity index (χ0) is 18.7. The second-order valence-corrected chi connectivity index (χ2v) is 6.67. The Morgan fingerprint density at radius 2 is 1.92 bits per heavy atom. The van der Waals surface area contributed by atoms with Crippen molar-refractivity contribution in [3.63, 3.8) is 0 Å². The molecule has 25 heavy (non-hydrogen) atoms. The number of carbonyl (C=O) groups is 1. The summed E-state index contributed by atoms with van der Waals surface area (Å²) in [6, 6.07) is 0. The third-order valence-corrected chi connectivity index (χ3v) is 4.59. The molecule has 0 aromatic rings. The molecule has 4 N–H and O–H groups in total. The highest BCUT2D eigenvalue weighted by Crippen LogP contribution is 2.36. The van der Waals surface area contributed by atoms with Crippen LogP contribution in [0, 0.1) is 11.8 Å². The molecule has 1 aliphatic rings. The standard InChI is InChI=1S/C20H32O5/c1-2-3-6-9-15(21)12-13-17-16(18(22)14-19(17)23)10-7-4-5-8-11-20(24)25/h3-4,6-7,12-13,15-19,21-23H,2,5,8-11,14H2,1H3,(H,24,25)/b6-3-,7-4-,13-12+/t15-,16?,17+,18-,19+/m0/s1. The predicted octanol–water partition coefficient (Wildman–Crippen LogP) is 2.82. The average Bonchev–Trinajstić information content (AvgIpc) is 2.82. The Hall–Kier alpha value is -1.43. The first-order valence-corrected chi connectivity index (χ1v) is 9.20. The molecule has 0 bridgehead atoms. The van der Waals surface area contributed by atoms with E-state index < -0.39 is 24.3 Å². The van der Waals surface area contributed by atoms with Gasteiger partial charge in [-0.15, -0.1) is 0 Å². The Kier molecular flexibility index (Phi) is 10.4. The number of hydrogen-bond acceptors (Lipinski definition) is 4. The first-order valence-electron chi connectivity index (χ1n) is 9.20. The highest BCUT2D eigenvalue weighted by molar-refractivity contribution is 5.66. The smallest absolute Gasteiger partial charge is 0.303 e. The van der Waals surface area contributed by atoms with Crippen LogP contribution in [0.15, 0.2) is 36.5 Å². The van der Waals surface area contributed by atoms with Gasteiger partial charge in [-0.25, -0.2) is 0 Å². The van der Waals surface area contributed by atoms with Crippen molar-refractivity contribution in [3.05, 3.63) is 36.5 Å². The molecule has 0 amide bonds. The molecule has 1 rings (SSSR count). The third kappa shape index (κ3) is 8.47. The van der Waals surface area contributed by atoms with Gasteiger partial charge in [0.2, 0.25) is 0 Å². The molecule has 5 heteroatoms. The number of aliphatic carboxylic acids is 1. The number of aliphatic hydroxyl groups excluding tert-OH is 3. The largest absolute Gasteiger partial charge is 0.481 e. The molecular weight excluding hydrogens is 320 g/mol.